The molecule has 0 amide bonds. The standard InChI is InChI=1S/C13H27NO6/c1-2-3-4-5-6-7-14-20-13-11(18)10(17)12(19-13)9(16)8-15/h9-18H,2-8H2,1H3/t9-,10-,11+,12-,13-/m1/s1. The van der Waals surface area contributed by atoms with E-state index in [1.807, 2.05) is 0 Å². The highest BCUT2D eigenvalue weighted by Crippen LogP contribution is 2.23. The average Bonchev–Trinajstić information content (AvgIpc) is 2.74. The molecule has 5 atom stereocenters. The van der Waals surface area contributed by atoms with Crippen LogP contribution in [0.15, 0.2) is 0 Å². The van der Waals surface area contributed by atoms with Gasteiger partial charge in [-0.25, -0.2) is 0 Å². The predicted octanol–water partition coefficient (Wildman–Crippen LogP) is -0.722. The van der Waals surface area contributed by atoms with E-state index in [1.165, 1.54) is 19.3 Å². The van der Waals surface area contributed by atoms with Crippen molar-refractivity contribution in [3.8, 4) is 0 Å². The first-order valence-electron chi connectivity index (χ1n) is 7.30. The molecule has 0 unspecified atom stereocenters. The SMILES string of the molecule is CCCCCCCNO[C@H]1O[C@H]([C@H](O)CO)[C@H](O)[C@@H]1O. The second-order valence-electron chi connectivity index (χ2n) is 5.13. The van der Waals surface area contributed by atoms with E-state index in [2.05, 4.69) is 12.4 Å². The summed E-state index contributed by atoms with van der Waals surface area (Å²) in [6, 6.07) is 0. The smallest absolute Gasteiger partial charge is 0.206 e. The van der Waals surface area contributed by atoms with Gasteiger partial charge < -0.3 is 25.2 Å². The molecule has 0 spiro atoms. The molecular weight excluding hydrogens is 266 g/mol. The summed E-state index contributed by atoms with van der Waals surface area (Å²) in [5.41, 5.74) is 2.69. The van der Waals surface area contributed by atoms with Crippen LogP contribution < -0.4 is 5.48 Å². The molecule has 0 aliphatic carbocycles. The van der Waals surface area contributed by atoms with Crippen molar-refractivity contribution in [1.29, 1.82) is 0 Å². The topological polar surface area (TPSA) is 111 Å². The summed E-state index contributed by atoms with van der Waals surface area (Å²) in [6.45, 7) is 2.23. The molecule has 120 valence electrons. The Hall–Kier alpha value is -0.280. The largest absolute Gasteiger partial charge is 0.394 e. The van der Waals surface area contributed by atoms with Crippen LogP contribution in [0, 0.1) is 0 Å². The third-order valence-electron chi connectivity index (χ3n) is 3.40. The first-order chi connectivity index (χ1) is 9.61. The lowest BCUT2D eigenvalue weighted by Gasteiger charge is -2.18. The van der Waals surface area contributed by atoms with Gasteiger partial charge in [0.15, 0.2) is 0 Å². The van der Waals surface area contributed by atoms with Crippen LogP contribution in [0.25, 0.3) is 0 Å². The van der Waals surface area contributed by atoms with Gasteiger partial charge in [-0.15, -0.1) is 0 Å². The average molecular weight is 293 g/mol. The Morgan fingerprint density at radius 1 is 1.15 bits per heavy atom. The highest BCUT2D eigenvalue weighted by molar-refractivity contribution is 4.90. The van der Waals surface area contributed by atoms with E-state index in [4.69, 9.17) is 14.7 Å². The van der Waals surface area contributed by atoms with Gasteiger partial charge in [-0.3, -0.25) is 4.84 Å². The molecule has 0 radical (unpaired) electrons. The van der Waals surface area contributed by atoms with Crippen LogP contribution in [-0.2, 0) is 9.57 Å². The van der Waals surface area contributed by atoms with Crippen molar-refractivity contribution in [2.45, 2.75) is 69.7 Å². The summed E-state index contributed by atoms with van der Waals surface area (Å²) >= 11 is 0. The summed E-state index contributed by atoms with van der Waals surface area (Å²) in [5, 5.41) is 37.6. The van der Waals surface area contributed by atoms with Gasteiger partial charge in [-0.1, -0.05) is 32.6 Å². The minimum Gasteiger partial charge on any atom is -0.394 e. The Labute approximate surface area is 119 Å². The maximum atomic E-state index is 9.71. The van der Waals surface area contributed by atoms with E-state index in [1.54, 1.807) is 0 Å². The van der Waals surface area contributed by atoms with Crippen LogP contribution in [-0.4, -0.2) is 64.3 Å². The van der Waals surface area contributed by atoms with Crippen LogP contribution in [0.2, 0.25) is 0 Å². The van der Waals surface area contributed by atoms with Crippen molar-refractivity contribution in [2.24, 2.45) is 0 Å². The summed E-state index contributed by atoms with van der Waals surface area (Å²) in [4.78, 5) is 5.14. The predicted molar refractivity (Wildman–Crippen MR) is 71.6 cm³/mol. The van der Waals surface area contributed by atoms with E-state index in [9.17, 15) is 15.3 Å². The second-order valence-corrected chi connectivity index (χ2v) is 5.13. The molecule has 1 fully saturated rings. The third kappa shape index (κ3) is 5.25. The molecule has 0 saturated carbocycles. The van der Waals surface area contributed by atoms with Gasteiger partial charge in [0, 0.05) is 6.54 Å². The normalized spacial score (nSPS) is 31.6. The molecule has 1 heterocycles. The molecular formula is C13H27NO6. The van der Waals surface area contributed by atoms with Gasteiger partial charge in [0.2, 0.25) is 6.29 Å². The zero-order valence-electron chi connectivity index (χ0n) is 11.9. The quantitative estimate of drug-likeness (QED) is 0.267. The number of ether oxygens (including phenoxy) is 1. The fraction of sp³-hybridized carbons (Fsp3) is 1.00. The van der Waals surface area contributed by atoms with Crippen LogP contribution in [0.3, 0.4) is 0 Å². The Morgan fingerprint density at radius 3 is 2.50 bits per heavy atom. The number of aliphatic hydroxyl groups is 4. The minimum absolute atomic E-state index is 0.550. The van der Waals surface area contributed by atoms with Crippen LogP contribution >= 0.6 is 0 Å². The lowest BCUT2D eigenvalue weighted by molar-refractivity contribution is -0.209. The molecule has 7 heteroatoms. The summed E-state index contributed by atoms with van der Waals surface area (Å²) in [7, 11) is 0. The molecule has 1 aliphatic heterocycles. The van der Waals surface area contributed by atoms with Crippen molar-refractivity contribution >= 4 is 0 Å². The van der Waals surface area contributed by atoms with Crippen molar-refractivity contribution in [2.75, 3.05) is 13.2 Å². The molecule has 0 aromatic heterocycles. The lowest BCUT2D eigenvalue weighted by atomic mass is 10.1. The Balaban J connectivity index is 2.17. The Kier molecular flexibility index (Phi) is 8.55. The van der Waals surface area contributed by atoms with Crippen molar-refractivity contribution in [3.63, 3.8) is 0 Å². The first-order valence-corrected chi connectivity index (χ1v) is 7.30. The third-order valence-corrected chi connectivity index (χ3v) is 3.40. The maximum Gasteiger partial charge on any atom is 0.206 e. The summed E-state index contributed by atoms with van der Waals surface area (Å²) < 4.78 is 5.19. The monoisotopic (exact) mass is 293 g/mol. The number of aliphatic hydroxyl groups excluding tert-OH is 4. The number of hydroxylamine groups is 1. The fourth-order valence-electron chi connectivity index (χ4n) is 2.13. The first kappa shape index (κ1) is 17.8. The zero-order chi connectivity index (χ0) is 15.0. The summed E-state index contributed by atoms with van der Waals surface area (Å²) in [6.07, 6.45) is -0.232. The number of rotatable bonds is 10. The Bertz CT molecular complexity index is 255. The molecule has 20 heavy (non-hydrogen) atoms. The van der Waals surface area contributed by atoms with Crippen molar-refractivity contribution in [3.05, 3.63) is 0 Å². The number of nitrogens with one attached hydrogen (secondary N) is 1. The minimum atomic E-state index is -1.28. The molecule has 0 aromatic rings. The lowest BCUT2D eigenvalue weighted by Crippen LogP contribution is -2.40. The maximum absolute atomic E-state index is 9.71. The van der Waals surface area contributed by atoms with E-state index in [-0.39, 0.29) is 0 Å². The fourth-order valence-corrected chi connectivity index (χ4v) is 2.13. The zero-order valence-corrected chi connectivity index (χ0v) is 11.9. The number of hydrogen-bond donors (Lipinski definition) is 5. The molecule has 1 rings (SSSR count). The van der Waals surface area contributed by atoms with Crippen molar-refractivity contribution < 1.29 is 30.0 Å². The molecule has 1 aliphatic rings. The molecule has 1 saturated heterocycles. The van der Waals surface area contributed by atoms with E-state index in [0.29, 0.717) is 6.54 Å². The molecule has 5 N–H and O–H groups in total. The molecule has 0 aromatic carbocycles. The Morgan fingerprint density at radius 2 is 1.85 bits per heavy atom. The van der Waals surface area contributed by atoms with Crippen LogP contribution in [0.1, 0.15) is 39.0 Å². The van der Waals surface area contributed by atoms with Gasteiger partial charge in [-0.05, 0) is 6.42 Å². The van der Waals surface area contributed by atoms with Crippen LogP contribution in [0.4, 0.5) is 0 Å². The van der Waals surface area contributed by atoms with Gasteiger partial charge in [0.1, 0.15) is 24.4 Å². The summed E-state index contributed by atoms with van der Waals surface area (Å²) in [5.74, 6) is 0. The highest BCUT2D eigenvalue weighted by Gasteiger charge is 2.46. The number of hydrogen-bond acceptors (Lipinski definition) is 7. The molecule has 7 nitrogen and oxygen atoms in total. The van der Waals surface area contributed by atoms with Gasteiger partial charge >= 0.3 is 0 Å². The highest BCUT2D eigenvalue weighted by atomic mass is 16.8. The number of unbranched alkanes of at least 4 members (excludes halogenated alkanes) is 4. The van der Waals surface area contributed by atoms with Gasteiger partial charge in [0.25, 0.3) is 0 Å². The van der Waals surface area contributed by atoms with Crippen molar-refractivity contribution in [1.82, 2.24) is 5.48 Å². The van der Waals surface area contributed by atoms with Gasteiger partial charge in [-0.2, -0.15) is 5.48 Å². The van der Waals surface area contributed by atoms with E-state index < -0.39 is 37.3 Å². The van der Waals surface area contributed by atoms with E-state index in [0.717, 1.165) is 12.8 Å². The van der Waals surface area contributed by atoms with Crippen LogP contribution in [0.5, 0.6) is 0 Å². The molecule has 0 bridgehead atoms. The van der Waals surface area contributed by atoms with Gasteiger partial charge in [0.05, 0.1) is 6.61 Å². The van der Waals surface area contributed by atoms with E-state index >= 15 is 0 Å². The second kappa shape index (κ2) is 9.62.